The summed E-state index contributed by atoms with van der Waals surface area (Å²) < 4.78 is 0. The first kappa shape index (κ1) is 18.6. The van der Waals surface area contributed by atoms with Gasteiger partial charge < -0.3 is 15.2 Å². The number of fused-ring (bicyclic) bond motifs is 1. The van der Waals surface area contributed by atoms with Crippen molar-refractivity contribution in [1.29, 1.82) is 5.26 Å². The monoisotopic (exact) mass is 400 g/mol. The molecule has 152 valence electrons. The molecule has 2 atom stereocenters. The summed E-state index contributed by atoms with van der Waals surface area (Å²) in [5.41, 5.74) is 2.53. The van der Waals surface area contributed by atoms with Crippen molar-refractivity contribution < 1.29 is 4.79 Å². The van der Waals surface area contributed by atoms with Crippen molar-refractivity contribution in [1.82, 2.24) is 20.3 Å². The maximum atomic E-state index is 13.2. The van der Waals surface area contributed by atoms with Crippen molar-refractivity contribution in [3.05, 3.63) is 54.0 Å². The lowest BCUT2D eigenvalue weighted by atomic mass is 9.81. The smallest absolute Gasteiger partial charge is 0.224 e. The molecule has 2 aliphatic rings. The highest BCUT2D eigenvalue weighted by Gasteiger charge is 2.55. The van der Waals surface area contributed by atoms with Crippen LogP contribution in [0, 0.1) is 22.7 Å². The number of piperidine rings is 1. The van der Waals surface area contributed by atoms with Crippen LogP contribution in [0.3, 0.4) is 0 Å². The molecule has 1 saturated heterocycles. The van der Waals surface area contributed by atoms with E-state index in [1.807, 2.05) is 31.3 Å². The zero-order valence-electron chi connectivity index (χ0n) is 16.9. The average molecular weight is 400 g/mol. The standard InChI is InChI=1S/C23H24N6O/c1-15(17-4-2-16(12-24)3-5-17)28-22(30)19-7-11-29(13-23(19)8-9-23)21-18-6-10-25-20(18)26-14-27-21/h2-6,10,14-15,19H,7-9,11,13H2,1H3,(H,28,30)(H,25,26,27)/t15-,19+/m0/s1. The van der Waals surface area contributed by atoms with E-state index in [0.29, 0.717) is 5.56 Å². The molecule has 0 radical (unpaired) electrons. The minimum atomic E-state index is -0.0829. The third kappa shape index (κ3) is 3.18. The molecule has 1 spiro atoms. The third-order valence-electron chi connectivity index (χ3n) is 6.67. The fourth-order valence-electron chi connectivity index (χ4n) is 4.77. The highest BCUT2D eigenvalue weighted by atomic mass is 16.2. The summed E-state index contributed by atoms with van der Waals surface area (Å²) in [7, 11) is 0. The van der Waals surface area contributed by atoms with Gasteiger partial charge in [0.2, 0.25) is 5.91 Å². The molecule has 1 saturated carbocycles. The van der Waals surface area contributed by atoms with Crippen molar-refractivity contribution in [3.8, 4) is 6.07 Å². The number of anilines is 1. The zero-order valence-corrected chi connectivity index (χ0v) is 16.9. The molecule has 1 aliphatic heterocycles. The second-order valence-corrected chi connectivity index (χ2v) is 8.53. The van der Waals surface area contributed by atoms with Crippen molar-refractivity contribution in [2.24, 2.45) is 11.3 Å². The molecular formula is C23H24N6O. The van der Waals surface area contributed by atoms with Crippen molar-refractivity contribution >= 4 is 22.8 Å². The molecule has 2 N–H and O–H groups in total. The zero-order chi connectivity index (χ0) is 20.7. The van der Waals surface area contributed by atoms with Crippen LogP contribution in [0.15, 0.2) is 42.9 Å². The first-order valence-electron chi connectivity index (χ1n) is 10.4. The summed E-state index contributed by atoms with van der Waals surface area (Å²) >= 11 is 0. The summed E-state index contributed by atoms with van der Waals surface area (Å²) in [6.45, 7) is 3.66. The van der Waals surface area contributed by atoms with E-state index in [4.69, 9.17) is 5.26 Å². The fraction of sp³-hybridized carbons (Fsp3) is 0.391. The number of hydrogen-bond acceptors (Lipinski definition) is 5. The molecule has 30 heavy (non-hydrogen) atoms. The van der Waals surface area contributed by atoms with Gasteiger partial charge in [-0.05, 0) is 55.4 Å². The van der Waals surface area contributed by atoms with Crippen LogP contribution in [0.2, 0.25) is 0 Å². The number of aromatic nitrogens is 3. The summed E-state index contributed by atoms with van der Waals surface area (Å²) in [5.74, 6) is 1.12. The van der Waals surface area contributed by atoms with Crippen LogP contribution >= 0.6 is 0 Å². The topological polar surface area (TPSA) is 97.7 Å². The largest absolute Gasteiger partial charge is 0.355 e. The Bertz CT molecular complexity index is 1120. The SMILES string of the molecule is C[C@H](NC(=O)[C@H]1CCN(c2ncnc3[nH]ccc23)CC12CC2)c1ccc(C#N)cc1. The molecule has 3 aromatic rings. The number of nitrogens with zero attached hydrogens (tertiary/aromatic N) is 4. The molecule has 2 aromatic heterocycles. The van der Waals surface area contributed by atoms with Gasteiger partial charge in [0.05, 0.1) is 23.1 Å². The van der Waals surface area contributed by atoms with Crippen LogP contribution in [0.4, 0.5) is 5.82 Å². The van der Waals surface area contributed by atoms with Crippen molar-refractivity contribution in [2.45, 2.75) is 32.2 Å². The van der Waals surface area contributed by atoms with E-state index in [2.05, 4.69) is 31.2 Å². The van der Waals surface area contributed by atoms with Crippen LogP contribution in [0.1, 0.15) is 43.4 Å². The van der Waals surface area contributed by atoms with Crippen molar-refractivity contribution in [3.63, 3.8) is 0 Å². The summed E-state index contributed by atoms with van der Waals surface area (Å²) in [5, 5.41) is 13.2. The summed E-state index contributed by atoms with van der Waals surface area (Å²) in [6, 6.07) is 11.5. The van der Waals surface area contributed by atoms with Crippen molar-refractivity contribution in [2.75, 3.05) is 18.0 Å². The normalized spacial score (nSPS) is 20.7. The fourth-order valence-corrected chi connectivity index (χ4v) is 4.77. The van der Waals surface area contributed by atoms with Gasteiger partial charge in [0, 0.05) is 25.2 Å². The Hall–Kier alpha value is -3.40. The molecular weight excluding hydrogens is 376 g/mol. The Morgan fingerprint density at radius 2 is 2.10 bits per heavy atom. The Balaban J connectivity index is 1.29. The number of nitriles is 1. The number of benzene rings is 1. The molecule has 5 rings (SSSR count). The number of nitrogens with one attached hydrogen (secondary N) is 2. The van der Waals surface area contributed by atoms with E-state index in [1.165, 1.54) is 0 Å². The first-order chi connectivity index (χ1) is 14.6. The predicted octanol–water partition coefficient (Wildman–Crippen LogP) is 3.31. The first-order valence-corrected chi connectivity index (χ1v) is 10.4. The Morgan fingerprint density at radius 3 is 2.83 bits per heavy atom. The van der Waals surface area contributed by atoms with E-state index in [1.54, 1.807) is 18.5 Å². The number of rotatable bonds is 4. The number of carbonyl (C=O) groups excluding carboxylic acids is 1. The number of H-pyrrole nitrogens is 1. The molecule has 1 aromatic carbocycles. The van der Waals surface area contributed by atoms with Crippen LogP contribution in [-0.4, -0.2) is 33.9 Å². The molecule has 1 amide bonds. The Morgan fingerprint density at radius 1 is 1.30 bits per heavy atom. The Kier molecular flexibility index (Phi) is 4.43. The van der Waals surface area contributed by atoms with Gasteiger partial charge >= 0.3 is 0 Å². The van der Waals surface area contributed by atoms with Gasteiger partial charge in [-0.3, -0.25) is 4.79 Å². The minimum Gasteiger partial charge on any atom is -0.355 e. The van der Waals surface area contributed by atoms with E-state index in [0.717, 1.165) is 54.8 Å². The van der Waals surface area contributed by atoms with Gasteiger partial charge in [-0.1, -0.05) is 12.1 Å². The third-order valence-corrected chi connectivity index (χ3v) is 6.67. The summed E-state index contributed by atoms with van der Waals surface area (Å²) in [4.78, 5) is 27.5. The highest BCUT2D eigenvalue weighted by Crippen LogP contribution is 2.56. The van der Waals surface area contributed by atoms with Crippen LogP contribution in [0.25, 0.3) is 11.0 Å². The van der Waals surface area contributed by atoms with Crippen LogP contribution in [0.5, 0.6) is 0 Å². The molecule has 7 nitrogen and oxygen atoms in total. The lowest BCUT2D eigenvalue weighted by Gasteiger charge is -2.39. The maximum absolute atomic E-state index is 13.2. The number of aromatic amines is 1. The second kappa shape index (κ2) is 7.13. The van der Waals surface area contributed by atoms with E-state index in [9.17, 15) is 4.79 Å². The quantitative estimate of drug-likeness (QED) is 0.700. The van der Waals surface area contributed by atoms with Gasteiger partial charge in [-0.15, -0.1) is 0 Å². The predicted molar refractivity (Wildman–Crippen MR) is 114 cm³/mol. The van der Waals surface area contributed by atoms with Gasteiger partial charge in [-0.25, -0.2) is 9.97 Å². The Labute approximate surface area is 175 Å². The number of carbonyl (C=O) groups is 1. The van der Waals surface area contributed by atoms with E-state index in [-0.39, 0.29) is 23.3 Å². The molecule has 3 heterocycles. The van der Waals surface area contributed by atoms with Crippen LogP contribution < -0.4 is 10.2 Å². The number of amides is 1. The highest BCUT2D eigenvalue weighted by molar-refractivity contribution is 5.88. The maximum Gasteiger partial charge on any atom is 0.224 e. The number of hydrogen-bond donors (Lipinski definition) is 2. The lowest BCUT2D eigenvalue weighted by molar-refractivity contribution is -0.128. The van der Waals surface area contributed by atoms with Crippen LogP contribution in [-0.2, 0) is 4.79 Å². The second-order valence-electron chi connectivity index (χ2n) is 8.53. The van der Waals surface area contributed by atoms with Gasteiger partial charge in [0.25, 0.3) is 0 Å². The average Bonchev–Trinajstić information content (AvgIpc) is 3.34. The lowest BCUT2D eigenvalue weighted by Crippen LogP contribution is -2.48. The molecule has 1 aliphatic carbocycles. The molecule has 0 bridgehead atoms. The minimum absolute atomic E-state index is 0.0261. The molecule has 0 unspecified atom stereocenters. The van der Waals surface area contributed by atoms with E-state index < -0.39 is 0 Å². The van der Waals surface area contributed by atoms with Gasteiger partial charge in [0.1, 0.15) is 17.8 Å². The molecule has 7 heteroatoms. The van der Waals surface area contributed by atoms with E-state index >= 15 is 0 Å². The van der Waals surface area contributed by atoms with Gasteiger partial charge in [-0.2, -0.15) is 5.26 Å². The molecule has 2 fully saturated rings. The summed E-state index contributed by atoms with van der Waals surface area (Å²) in [6.07, 6.45) is 6.47. The van der Waals surface area contributed by atoms with Gasteiger partial charge in [0.15, 0.2) is 0 Å².